The molecule has 0 spiro atoms. The van der Waals surface area contributed by atoms with Crippen molar-refractivity contribution in [2.75, 3.05) is 16.9 Å². The Morgan fingerprint density at radius 3 is 2.54 bits per heavy atom. The molecule has 2 heterocycles. The van der Waals surface area contributed by atoms with E-state index in [2.05, 4.69) is 10.3 Å². The van der Waals surface area contributed by atoms with Crippen molar-refractivity contribution in [3.63, 3.8) is 0 Å². The number of anilines is 2. The Morgan fingerprint density at radius 1 is 1.15 bits per heavy atom. The summed E-state index contributed by atoms with van der Waals surface area (Å²) < 4.78 is 46.8. The van der Waals surface area contributed by atoms with E-state index in [1.165, 1.54) is 54.6 Å². The van der Waals surface area contributed by atoms with Crippen molar-refractivity contribution in [3.05, 3.63) is 83.3 Å². The molecule has 0 unspecified atom stereocenters. The molecule has 1 aliphatic carbocycles. The van der Waals surface area contributed by atoms with Gasteiger partial charge in [0.1, 0.15) is 29.5 Å². The van der Waals surface area contributed by atoms with Crippen LogP contribution in [0.3, 0.4) is 0 Å². The molecule has 3 amide bonds. The van der Waals surface area contributed by atoms with Crippen LogP contribution in [0.25, 0.3) is 0 Å². The SMILES string of the molecule is COc1ccc(N2C(=O)CC[C@H]2C(=O)N(c2cccc(F)c2)[C@H](C(=O)NC2CC(F)(F)C2)c2ccccc2Cl)nc1. The summed E-state index contributed by atoms with van der Waals surface area (Å²) in [7, 11) is 1.46. The van der Waals surface area contributed by atoms with Gasteiger partial charge in [-0.05, 0) is 42.8 Å². The summed E-state index contributed by atoms with van der Waals surface area (Å²) in [6.07, 6.45) is 0.442. The van der Waals surface area contributed by atoms with Gasteiger partial charge in [-0.3, -0.25) is 24.2 Å². The number of hydrogen-bond donors (Lipinski definition) is 1. The van der Waals surface area contributed by atoms with Crippen molar-refractivity contribution in [2.24, 2.45) is 0 Å². The Bertz CT molecular complexity index is 1460. The molecule has 2 aliphatic rings. The Balaban J connectivity index is 1.59. The number of nitrogens with one attached hydrogen (secondary N) is 1. The molecule has 41 heavy (non-hydrogen) atoms. The summed E-state index contributed by atoms with van der Waals surface area (Å²) in [5.74, 6) is -4.76. The highest BCUT2D eigenvalue weighted by molar-refractivity contribution is 6.31. The van der Waals surface area contributed by atoms with Crippen LogP contribution in [0.15, 0.2) is 66.9 Å². The highest BCUT2D eigenvalue weighted by Crippen LogP contribution is 2.40. The predicted molar refractivity (Wildman–Crippen MR) is 145 cm³/mol. The maximum atomic E-state index is 14.5. The molecule has 1 aliphatic heterocycles. The van der Waals surface area contributed by atoms with Gasteiger partial charge in [-0.25, -0.2) is 18.2 Å². The number of carbonyl (C=O) groups excluding carboxylic acids is 3. The van der Waals surface area contributed by atoms with Gasteiger partial charge in [0, 0.05) is 41.6 Å². The monoisotopic (exact) mass is 586 g/mol. The van der Waals surface area contributed by atoms with Crippen molar-refractivity contribution in [3.8, 4) is 5.75 Å². The minimum atomic E-state index is -2.90. The Morgan fingerprint density at radius 2 is 1.90 bits per heavy atom. The minimum Gasteiger partial charge on any atom is -0.495 e. The number of methoxy groups -OCH3 is 1. The van der Waals surface area contributed by atoms with E-state index < -0.39 is 54.5 Å². The van der Waals surface area contributed by atoms with Crippen LogP contribution in [0.1, 0.15) is 37.3 Å². The second-order valence-electron chi connectivity index (χ2n) is 9.96. The summed E-state index contributed by atoms with van der Waals surface area (Å²) in [6, 6.07) is 11.1. The molecular weight excluding hydrogens is 561 g/mol. The summed E-state index contributed by atoms with van der Waals surface area (Å²) in [5, 5.41) is 2.74. The third kappa shape index (κ3) is 5.85. The van der Waals surface area contributed by atoms with Crippen molar-refractivity contribution in [2.45, 2.75) is 49.7 Å². The van der Waals surface area contributed by atoms with Crippen LogP contribution in [0.5, 0.6) is 5.75 Å². The molecule has 2 aromatic carbocycles. The van der Waals surface area contributed by atoms with Crippen LogP contribution >= 0.6 is 11.6 Å². The van der Waals surface area contributed by atoms with Crippen LogP contribution in [0.4, 0.5) is 24.7 Å². The van der Waals surface area contributed by atoms with Crippen molar-refractivity contribution < 1.29 is 32.3 Å². The first-order chi connectivity index (χ1) is 19.6. The van der Waals surface area contributed by atoms with E-state index in [0.717, 1.165) is 11.0 Å². The van der Waals surface area contributed by atoms with E-state index >= 15 is 0 Å². The molecule has 3 aromatic rings. The molecule has 1 saturated carbocycles. The van der Waals surface area contributed by atoms with Gasteiger partial charge in [0.15, 0.2) is 0 Å². The number of ether oxygens (including phenoxy) is 1. The lowest BCUT2D eigenvalue weighted by atomic mass is 9.87. The number of rotatable bonds is 8. The number of carbonyl (C=O) groups is 3. The number of pyridine rings is 1. The van der Waals surface area contributed by atoms with Gasteiger partial charge in [0.25, 0.3) is 11.8 Å². The summed E-state index contributed by atoms with van der Waals surface area (Å²) in [5.41, 5.74) is 0.227. The average Bonchev–Trinajstić information content (AvgIpc) is 3.32. The fourth-order valence-electron chi connectivity index (χ4n) is 5.17. The van der Waals surface area contributed by atoms with Gasteiger partial charge < -0.3 is 10.1 Å². The predicted octanol–water partition coefficient (Wildman–Crippen LogP) is 5.07. The molecule has 2 fully saturated rings. The molecule has 5 rings (SSSR count). The van der Waals surface area contributed by atoms with Crippen LogP contribution in [-0.4, -0.2) is 47.8 Å². The van der Waals surface area contributed by atoms with E-state index in [9.17, 15) is 27.6 Å². The molecule has 1 aromatic heterocycles. The van der Waals surface area contributed by atoms with Gasteiger partial charge in [-0.15, -0.1) is 0 Å². The van der Waals surface area contributed by atoms with E-state index in [1.54, 1.807) is 18.2 Å². The number of aromatic nitrogens is 1. The van der Waals surface area contributed by atoms with E-state index in [-0.39, 0.29) is 40.8 Å². The van der Waals surface area contributed by atoms with Gasteiger partial charge in [-0.2, -0.15) is 0 Å². The Labute approximate surface area is 239 Å². The molecule has 1 saturated heterocycles. The zero-order valence-electron chi connectivity index (χ0n) is 21.9. The molecule has 8 nitrogen and oxygen atoms in total. The second kappa shape index (κ2) is 11.4. The standard InChI is InChI=1S/C29H26ClF3N4O4/c1-41-20-9-11-24(34-16-20)37-23(10-12-25(37)38)28(40)36(19-6-4-5-17(31)13-19)26(21-7-2-3-8-22(21)30)27(39)35-18-14-29(32,33)15-18/h2-9,11,13,16,18,23,26H,10,12,14-15H2,1H3,(H,35,39)/t23-,26-/m0/s1. The molecular formula is C29H26ClF3N4O4. The largest absolute Gasteiger partial charge is 0.495 e. The first-order valence-corrected chi connectivity index (χ1v) is 13.3. The number of amides is 3. The first kappa shape index (κ1) is 28.4. The number of nitrogens with zero attached hydrogens (tertiary/aromatic N) is 3. The second-order valence-corrected chi connectivity index (χ2v) is 10.4. The summed E-state index contributed by atoms with van der Waals surface area (Å²) >= 11 is 6.50. The molecule has 0 radical (unpaired) electrons. The lowest BCUT2D eigenvalue weighted by Crippen LogP contribution is -2.56. The fourth-order valence-corrected chi connectivity index (χ4v) is 5.41. The van der Waals surface area contributed by atoms with E-state index in [4.69, 9.17) is 16.3 Å². The Hall–Kier alpha value is -4.12. The van der Waals surface area contributed by atoms with Crippen LogP contribution in [-0.2, 0) is 14.4 Å². The van der Waals surface area contributed by atoms with Crippen LogP contribution < -0.4 is 19.9 Å². The van der Waals surface area contributed by atoms with Crippen molar-refractivity contribution >= 4 is 40.8 Å². The Kier molecular flexibility index (Phi) is 7.90. The van der Waals surface area contributed by atoms with Gasteiger partial charge >= 0.3 is 0 Å². The maximum absolute atomic E-state index is 14.5. The topological polar surface area (TPSA) is 91.8 Å². The first-order valence-electron chi connectivity index (χ1n) is 12.9. The zero-order valence-corrected chi connectivity index (χ0v) is 22.7. The third-order valence-corrected chi connectivity index (χ3v) is 7.51. The van der Waals surface area contributed by atoms with Crippen molar-refractivity contribution in [1.82, 2.24) is 10.3 Å². The molecule has 12 heteroatoms. The quantitative estimate of drug-likeness (QED) is 0.398. The molecule has 0 bridgehead atoms. The highest BCUT2D eigenvalue weighted by atomic mass is 35.5. The van der Waals surface area contributed by atoms with Gasteiger partial charge in [0.2, 0.25) is 11.8 Å². The average molecular weight is 587 g/mol. The minimum absolute atomic E-state index is 0.0241. The maximum Gasteiger partial charge on any atom is 0.252 e. The third-order valence-electron chi connectivity index (χ3n) is 7.17. The molecule has 2 atom stereocenters. The molecule has 1 N–H and O–H groups in total. The lowest BCUT2D eigenvalue weighted by Gasteiger charge is -2.39. The lowest BCUT2D eigenvalue weighted by molar-refractivity contribution is -0.133. The zero-order chi connectivity index (χ0) is 29.3. The number of alkyl halides is 2. The summed E-state index contributed by atoms with van der Waals surface area (Å²) in [4.78, 5) is 47.8. The summed E-state index contributed by atoms with van der Waals surface area (Å²) in [6.45, 7) is 0. The highest BCUT2D eigenvalue weighted by Gasteiger charge is 2.48. The van der Waals surface area contributed by atoms with Crippen molar-refractivity contribution in [1.29, 1.82) is 0 Å². The van der Waals surface area contributed by atoms with Gasteiger partial charge in [-0.1, -0.05) is 35.9 Å². The fraction of sp³-hybridized carbons (Fsp3) is 0.310. The van der Waals surface area contributed by atoms with E-state index in [0.29, 0.717) is 5.75 Å². The number of halogens is 4. The normalized spacial score (nSPS) is 18.9. The molecule has 214 valence electrons. The van der Waals surface area contributed by atoms with Crippen LogP contribution in [0, 0.1) is 5.82 Å². The van der Waals surface area contributed by atoms with Crippen LogP contribution in [0.2, 0.25) is 5.02 Å². The number of benzene rings is 2. The van der Waals surface area contributed by atoms with Gasteiger partial charge in [0.05, 0.1) is 13.3 Å². The smallest absolute Gasteiger partial charge is 0.252 e. The number of hydrogen-bond acceptors (Lipinski definition) is 5. The van der Waals surface area contributed by atoms with E-state index in [1.807, 2.05) is 0 Å².